The molecule has 0 bridgehead atoms. The summed E-state index contributed by atoms with van der Waals surface area (Å²) in [5, 5.41) is 12.4. The number of nitrogens with one attached hydrogen (secondary N) is 1. The van der Waals surface area contributed by atoms with Crippen LogP contribution in [-0.2, 0) is 4.79 Å². The van der Waals surface area contributed by atoms with Gasteiger partial charge in [-0.25, -0.2) is 0 Å². The van der Waals surface area contributed by atoms with E-state index < -0.39 is 11.4 Å². The normalized spacial score (nSPS) is 17.9. The van der Waals surface area contributed by atoms with E-state index in [0.29, 0.717) is 11.8 Å². The van der Waals surface area contributed by atoms with Crippen molar-refractivity contribution in [1.29, 1.82) is 0 Å². The fourth-order valence-corrected chi connectivity index (χ4v) is 2.25. The van der Waals surface area contributed by atoms with E-state index in [9.17, 15) is 4.79 Å². The van der Waals surface area contributed by atoms with Crippen LogP contribution in [0.1, 0.15) is 53.4 Å². The Balaban J connectivity index is 2.21. The highest BCUT2D eigenvalue weighted by Gasteiger charge is 2.33. The van der Waals surface area contributed by atoms with Gasteiger partial charge in [0.25, 0.3) is 0 Å². The van der Waals surface area contributed by atoms with Crippen LogP contribution in [0.4, 0.5) is 0 Å². The second-order valence-corrected chi connectivity index (χ2v) is 6.73. The summed E-state index contributed by atoms with van der Waals surface area (Å²) in [4.78, 5) is 10.9. The molecule has 0 radical (unpaired) electrons. The van der Waals surface area contributed by atoms with E-state index in [-0.39, 0.29) is 0 Å². The number of aliphatic carboxylic acids is 1. The zero-order valence-corrected chi connectivity index (χ0v) is 11.7. The van der Waals surface area contributed by atoms with Gasteiger partial charge in [-0.3, -0.25) is 4.79 Å². The monoisotopic (exact) mass is 241 g/mol. The standard InChI is InChI=1S/C14H27NO2/c1-13(2,12(16)17)8-9-15-10-14(3,4)11-6-5-7-11/h11,15H,5-10H2,1-4H3,(H,16,17). The average molecular weight is 241 g/mol. The summed E-state index contributed by atoms with van der Waals surface area (Å²) in [6.45, 7) is 9.98. The van der Waals surface area contributed by atoms with Crippen LogP contribution in [0.25, 0.3) is 0 Å². The van der Waals surface area contributed by atoms with E-state index >= 15 is 0 Å². The van der Waals surface area contributed by atoms with Crippen molar-refractivity contribution in [1.82, 2.24) is 5.32 Å². The predicted molar refractivity (Wildman–Crippen MR) is 70.0 cm³/mol. The first-order valence-corrected chi connectivity index (χ1v) is 6.70. The summed E-state index contributed by atoms with van der Waals surface area (Å²) in [5.74, 6) is 0.139. The molecule has 0 heterocycles. The van der Waals surface area contributed by atoms with Crippen LogP contribution in [0.5, 0.6) is 0 Å². The molecule has 0 aromatic rings. The van der Waals surface area contributed by atoms with Crippen molar-refractivity contribution in [2.24, 2.45) is 16.7 Å². The van der Waals surface area contributed by atoms with Crippen molar-refractivity contribution in [3.8, 4) is 0 Å². The van der Waals surface area contributed by atoms with E-state index in [1.165, 1.54) is 19.3 Å². The maximum Gasteiger partial charge on any atom is 0.309 e. The highest BCUT2D eigenvalue weighted by atomic mass is 16.4. The lowest BCUT2D eigenvalue weighted by Crippen LogP contribution is -2.40. The zero-order chi connectivity index (χ0) is 13.1. The van der Waals surface area contributed by atoms with Crippen LogP contribution < -0.4 is 5.32 Å². The lowest BCUT2D eigenvalue weighted by molar-refractivity contribution is -0.147. The van der Waals surface area contributed by atoms with E-state index in [2.05, 4.69) is 19.2 Å². The minimum Gasteiger partial charge on any atom is -0.481 e. The highest BCUT2D eigenvalue weighted by Crippen LogP contribution is 2.41. The summed E-state index contributed by atoms with van der Waals surface area (Å²) in [6, 6.07) is 0. The summed E-state index contributed by atoms with van der Waals surface area (Å²) in [5.41, 5.74) is -0.265. The first-order chi connectivity index (χ1) is 7.76. The van der Waals surface area contributed by atoms with Crippen LogP contribution in [0, 0.1) is 16.7 Å². The van der Waals surface area contributed by atoms with Crippen molar-refractivity contribution in [3.63, 3.8) is 0 Å². The Morgan fingerprint density at radius 1 is 1.29 bits per heavy atom. The first kappa shape index (κ1) is 14.5. The van der Waals surface area contributed by atoms with Gasteiger partial charge in [-0.15, -0.1) is 0 Å². The first-order valence-electron chi connectivity index (χ1n) is 6.70. The van der Waals surface area contributed by atoms with E-state index in [1.54, 1.807) is 13.8 Å². The predicted octanol–water partition coefficient (Wildman–Crippen LogP) is 2.90. The molecular formula is C14H27NO2. The molecule has 3 nitrogen and oxygen atoms in total. The summed E-state index contributed by atoms with van der Waals surface area (Å²) in [7, 11) is 0. The van der Waals surface area contributed by atoms with Gasteiger partial charge in [0.15, 0.2) is 0 Å². The molecule has 0 atom stereocenters. The van der Waals surface area contributed by atoms with Crippen LogP contribution in [0.15, 0.2) is 0 Å². The minimum absolute atomic E-state index is 0.353. The summed E-state index contributed by atoms with van der Waals surface area (Å²) < 4.78 is 0. The van der Waals surface area contributed by atoms with Gasteiger partial charge >= 0.3 is 5.97 Å². The van der Waals surface area contributed by atoms with E-state index in [0.717, 1.165) is 19.0 Å². The molecule has 0 aromatic heterocycles. The molecule has 17 heavy (non-hydrogen) atoms. The van der Waals surface area contributed by atoms with Crippen LogP contribution in [0.2, 0.25) is 0 Å². The van der Waals surface area contributed by atoms with Gasteiger partial charge in [-0.05, 0) is 51.0 Å². The fraction of sp³-hybridized carbons (Fsp3) is 0.929. The molecule has 3 heteroatoms. The fourth-order valence-electron chi connectivity index (χ4n) is 2.25. The number of hydrogen-bond donors (Lipinski definition) is 2. The number of carboxylic acid groups (broad SMARTS) is 1. The number of rotatable bonds is 7. The van der Waals surface area contributed by atoms with Crippen molar-refractivity contribution in [3.05, 3.63) is 0 Å². The molecule has 1 saturated carbocycles. The van der Waals surface area contributed by atoms with Gasteiger partial charge in [0.2, 0.25) is 0 Å². The lowest BCUT2D eigenvalue weighted by atomic mass is 9.67. The second-order valence-electron chi connectivity index (χ2n) is 6.73. The lowest BCUT2D eigenvalue weighted by Gasteiger charge is -2.40. The molecular weight excluding hydrogens is 214 g/mol. The third-order valence-electron chi connectivity index (χ3n) is 4.30. The van der Waals surface area contributed by atoms with Crippen molar-refractivity contribution in [2.75, 3.05) is 13.1 Å². The summed E-state index contributed by atoms with van der Waals surface area (Å²) >= 11 is 0. The molecule has 0 aliphatic heterocycles. The van der Waals surface area contributed by atoms with E-state index in [4.69, 9.17) is 5.11 Å². The van der Waals surface area contributed by atoms with Gasteiger partial charge in [0.05, 0.1) is 5.41 Å². The number of carboxylic acids is 1. The number of hydrogen-bond acceptors (Lipinski definition) is 2. The smallest absolute Gasteiger partial charge is 0.309 e. The quantitative estimate of drug-likeness (QED) is 0.674. The number of carbonyl (C=O) groups is 1. The zero-order valence-electron chi connectivity index (χ0n) is 11.7. The maximum atomic E-state index is 10.9. The van der Waals surface area contributed by atoms with Crippen LogP contribution >= 0.6 is 0 Å². The topological polar surface area (TPSA) is 49.3 Å². The molecule has 1 fully saturated rings. The Morgan fingerprint density at radius 3 is 2.29 bits per heavy atom. The largest absolute Gasteiger partial charge is 0.481 e. The third kappa shape index (κ3) is 3.98. The van der Waals surface area contributed by atoms with Gasteiger partial charge in [-0.2, -0.15) is 0 Å². The Kier molecular flexibility index (Phi) is 4.59. The van der Waals surface area contributed by atoms with Gasteiger partial charge in [0.1, 0.15) is 0 Å². The maximum absolute atomic E-state index is 10.9. The molecule has 0 saturated heterocycles. The highest BCUT2D eigenvalue weighted by molar-refractivity contribution is 5.73. The Bertz CT molecular complexity index is 267. The van der Waals surface area contributed by atoms with Crippen LogP contribution in [0.3, 0.4) is 0 Å². The second kappa shape index (κ2) is 5.38. The van der Waals surface area contributed by atoms with Gasteiger partial charge in [-0.1, -0.05) is 20.3 Å². The molecule has 2 N–H and O–H groups in total. The summed E-state index contributed by atoms with van der Waals surface area (Å²) in [6.07, 6.45) is 4.77. The molecule has 0 unspecified atom stereocenters. The average Bonchev–Trinajstić information content (AvgIpc) is 2.08. The molecule has 100 valence electrons. The molecule has 0 spiro atoms. The molecule has 1 aliphatic carbocycles. The minimum atomic E-state index is -0.711. The Morgan fingerprint density at radius 2 is 1.88 bits per heavy atom. The molecule has 1 rings (SSSR count). The van der Waals surface area contributed by atoms with Gasteiger partial charge < -0.3 is 10.4 Å². The van der Waals surface area contributed by atoms with Crippen LogP contribution in [-0.4, -0.2) is 24.2 Å². The van der Waals surface area contributed by atoms with Gasteiger partial charge in [0, 0.05) is 6.54 Å². The third-order valence-corrected chi connectivity index (χ3v) is 4.30. The van der Waals surface area contributed by atoms with Crippen molar-refractivity contribution >= 4 is 5.97 Å². The Labute approximate surface area is 105 Å². The Hall–Kier alpha value is -0.570. The SMILES string of the molecule is CC(C)(CCNCC(C)(C)C1CCC1)C(=O)O. The van der Waals surface area contributed by atoms with Crippen molar-refractivity contribution < 1.29 is 9.90 Å². The van der Waals surface area contributed by atoms with Crippen molar-refractivity contribution in [2.45, 2.75) is 53.4 Å². The molecule has 0 amide bonds. The molecule has 0 aromatic carbocycles. The molecule has 1 aliphatic rings. The van der Waals surface area contributed by atoms with E-state index in [1.807, 2.05) is 0 Å².